The maximum absolute atomic E-state index is 13.8. The summed E-state index contributed by atoms with van der Waals surface area (Å²) >= 11 is 3.26. The predicted molar refractivity (Wildman–Crippen MR) is 93.6 cm³/mol. The van der Waals surface area contributed by atoms with Gasteiger partial charge >= 0.3 is 0 Å². The van der Waals surface area contributed by atoms with E-state index in [0.717, 1.165) is 22.7 Å². The molecule has 0 aliphatic heterocycles. The lowest BCUT2D eigenvalue weighted by Crippen LogP contribution is -2.38. The van der Waals surface area contributed by atoms with E-state index in [4.69, 9.17) is 0 Å². The molecule has 0 atom stereocenters. The zero-order valence-electron chi connectivity index (χ0n) is 13.2. The van der Waals surface area contributed by atoms with Crippen LogP contribution in [-0.2, 0) is 14.8 Å². The highest BCUT2D eigenvalue weighted by atomic mass is 79.9. The Bertz CT molecular complexity index is 853. The molecule has 25 heavy (non-hydrogen) atoms. The summed E-state index contributed by atoms with van der Waals surface area (Å²) in [6.07, 6.45) is 0. The van der Waals surface area contributed by atoms with Crippen LogP contribution in [0.15, 0.2) is 51.8 Å². The Morgan fingerprint density at radius 2 is 1.68 bits per heavy atom. The largest absolute Gasteiger partial charge is 0.325 e. The number of amides is 1. The first-order valence-electron chi connectivity index (χ1n) is 7.25. The Labute approximate surface area is 152 Å². The Kier molecular flexibility index (Phi) is 6.26. The molecular formula is C16H15BrF2N2O3S. The number of nitrogens with zero attached hydrogens (tertiary/aromatic N) is 1. The normalized spacial score (nSPS) is 11.6. The van der Waals surface area contributed by atoms with Crippen LogP contribution in [0.5, 0.6) is 0 Å². The van der Waals surface area contributed by atoms with E-state index in [0.29, 0.717) is 9.99 Å². The lowest BCUT2D eigenvalue weighted by molar-refractivity contribution is -0.116. The number of hydrogen-bond donors (Lipinski definition) is 1. The van der Waals surface area contributed by atoms with Crippen molar-refractivity contribution in [2.45, 2.75) is 11.8 Å². The minimum absolute atomic E-state index is 0.121. The molecule has 0 aliphatic carbocycles. The smallest absolute Gasteiger partial charge is 0.249 e. The molecule has 0 aromatic heterocycles. The number of anilines is 1. The lowest BCUT2D eigenvalue weighted by Gasteiger charge is -2.20. The summed E-state index contributed by atoms with van der Waals surface area (Å²) in [5.41, 5.74) is 0.471. The molecule has 2 aromatic carbocycles. The molecule has 5 nitrogen and oxygen atoms in total. The van der Waals surface area contributed by atoms with Crippen molar-refractivity contribution in [3.05, 3.63) is 58.6 Å². The van der Waals surface area contributed by atoms with Gasteiger partial charge in [-0.05, 0) is 36.4 Å². The molecule has 0 saturated heterocycles. The molecular weight excluding hydrogens is 418 g/mol. The first-order valence-corrected chi connectivity index (χ1v) is 9.48. The highest BCUT2D eigenvalue weighted by molar-refractivity contribution is 9.10. The van der Waals surface area contributed by atoms with E-state index in [1.165, 1.54) is 6.92 Å². The summed E-state index contributed by atoms with van der Waals surface area (Å²) in [7, 11) is -4.49. The number of carbonyl (C=O) groups is 1. The Morgan fingerprint density at radius 3 is 2.20 bits per heavy atom. The van der Waals surface area contributed by atoms with Crippen LogP contribution in [0.2, 0.25) is 0 Å². The zero-order chi connectivity index (χ0) is 18.6. The first kappa shape index (κ1) is 19.5. The molecule has 0 bridgehead atoms. The highest BCUT2D eigenvalue weighted by Gasteiger charge is 2.31. The van der Waals surface area contributed by atoms with E-state index in [-0.39, 0.29) is 6.54 Å². The monoisotopic (exact) mass is 432 g/mol. The summed E-state index contributed by atoms with van der Waals surface area (Å²) < 4.78 is 54.2. The second kappa shape index (κ2) is 8.03. The second-order valence-corrected chi connectivity index (χ2v) is 7.83. The van der Waals surface area contributed by atoms with Crippen molar-refractivity contribution in [2.24, 2.45) is 0 Å². The van der Waals surface area contributed by atoms with Gasteiger partial charge in [-0.3, -0.25) is 4.79 Å². The number of carbonyl (C=O) groups excluding carboxylic acids is 1. The molecule has 0 saturated carbocycles. The molecule has 2 rings (SSSR count). The Balaban J connectivity index is 2.21. The van der Waals surface area contributed by atoms with Gasteiger partial charge in [0.2, 0.25) is 15.9 Å². The fraction of sp³-hybridized carbons (Fsp3) is 0.188. The first-order chi connectivity index (χ1) is 11.8. The van der Waals surface area contributed by atoms with E-state index in [2.05, 4.69) is 21.2 Å². The van der Waals surface area contributed by atoms with Crippen molar-refractivity contribution in [1.29, 1.82) is 0 Å². The van der Waals surface area contributed by atoms with Crippen molar-refractivity contribution in [2.75, 3.05) is 18.4 Å². The van der Waals surface area contributed by atoms with Crippen molar-refractivity contribution in [1.82, 2.24) is 4.31 Å². The average Bonchev–Trinajstić information content (AvgIpc) is 2.54. The second-order valence-electron chi connectivity index (χ2n) is 5.04. The van der Waals surface area contributed by atoms with E-state index in [9.17, 15) is 22.0 Å². The molecule has 0 spiro atoms. The number of rotatable bonds is 6. The van der Waals surface area contributed by atoms with Gasteiger partial charge in [0.1, 0.15) is 11.6 Å². The third-order valence-electron chi connectivity index (χ3n) is 3.32. The summed E-state index contributed by atoms with van der Waals surface area (Å²) in [5, 5.41) is 2.53. The van der Waals surface area contributed by atoms with Crippen LogP contribution in [0.25, 0.3) is 0 Å². The Morgan fingerprint density at radius 1 is 1.12 bits per heavy atom. The molecule has 1 amide bonds. The average molecular weight is 433 g/mol. The molecule has 0 unspecified atom stereocenters. The number of hydrogen-bond acceptors (Lipinski definition) is 3. The zero-order valence-corrected chi connectivity index (χ0v) is 15.6. The standard InChI is InChI=1S/C16H15BrF2N2O3S/c1-2-21(10-15(22)20-12-8-6-11(17)7-9-12)25(23,24)16-13(18)4-3-5-14(16)19/h3-9H,2,10H2,1H3,(H,20,22). The van der Waals surface area contributed by atoms with Crippen molar-refractivity contribution < 1.29 is 22.0 Å². The van der Waals surface area contributed by atoms with Gasteiger partial charge in [-0.1, -0.05) is 28.9 Å². The van der Waals surface area contributed by atoms with Gasteiger partial charge in [-0.25, -0.2) is 17.2 Å². The number of nitrogens with one attached hydrogen (secondary N) is 1. The SMILES string of the molecule is CCN(CC(=O)Nc1ccc(Br)cc1)S(=O)(=O)c1c(F)cccc1F. The fourth-order valence-electron chi connectivity index (χ4n) is 2.12. The maximum Gasteiger partial charge on any atom is 0.249 e. The van der Waals surface area contributed by atoms with Gasteiger partial charge in [-0.2, -0.15) is 4.31 Å². The Hall–Kier alpha value is -1.84. The van der Waals surface area contributed by atoms with Crippen LogP contribution < -0.4 is 5.32 Å². The number of benzene rings is 2. The molecule has 134 valence electrons. The van der Waals surface area contributed by atoms with E-state index < -0.39 is 39.0 Å². The molecule has 0 aliphatic rings. The number of halogens is 3. The van der Waals surface area contributed by atoms with E-state index >= 15 is 0 Å². The van der Waals surface area contributed by atoms with Crippen LogP contribution in [0, 0.1) is 11.6 Å². The third kappa shape index (κ3) is 4.62. The number of sulfonamides is 1. The third-order valence-corrected chi connectivity index (χ3v) is 5.82. The van der Waals surface area contributed by atoms with Crippen LogP contribution in [0.3, 0.4) is 0 Å². The highest BCUT2D eigenvalue weighted by Crippen LogP contribution is 2.22. The predicted octanol–water partition coefficient (Wildman–Crippen LogP) is 3.38. The molecule has 1 N–H and O–H groups in total. The minimum atomic E-state index is -4.49. The molecule has 0 fully saturated rings. The van der Waals surface area contributed by atoms with Crippen molar-refractivity contribution in [3.63, 3.8) is 0 Å². The van der Waals surface area contributed by atoms with Gasteiger partial charge in [0.15, 0.2) is 4.90 Å². The van der Waals surface area contributed by atoms with Gasteiger partial charge in [0.05, 0.1) is 6.54 Å². The molecule has 0 radical (unpaired) electrons. The quantitative estimate of drug-likeness (QED) is 0.760. The van der Waals surface area contributed by atoms with E-state index in [1.54, 1.807) is 24.3 Å². The fourth-order valence-corrected chi connectivity index (χ4v) is 3.90. The van der Waals surface area contributed by atoms with Gasteiger partial charge in [-0.15, -0.1) is 0 Å². The van der Waals surface area contributed by atoms with Crippen molar-refractivity contribution >= 4 is 37.5 Å². The van der Waals surface area contributed by atoms with Crippen LogP contribution >= 0.6 is 15.9 Å². The van der Waals surface area contributed by atoms with Gasteiger partial charge in [0.25, 0.3) is 0 Å². The summed E-state index contributed by atoms with van der Waals surface area (Å²) in [6.45, 7) is 0.787. The van der Waals surface area contributed by atoms with Crippen molar-refractivity contribution in [3.8, 4) is 0 Å². The van der Waals surface area contributed by atoms with Gasteiger partial charge < -0.3 is 5.32 Å². The molecule has 2 aromatic rings. The topological polar surface area (TPSA) is 66.5 Å². The lowest BCUT2D eigenvalue weighted by atomic mass is 10.3. The summed E-state index contributed by atoms with van der Waals surface area (Å²) in [6, 6.07) is 9.45. The van der Waals surface area contributed by atoms with Gasteiger partial charge in [0, 0.05) is 16.7 Å². The van der Waals surface area contributed by atoms with Crippen LogP contribution in [-0.4, -0.2) is 31.7 Å². The summed E-state index contributed by atoms with van der Waals surface area (Å²) in [4.78, 5) is 11.0. The molecule has 9 heteroatoms. The van der Waals surface area contributed by atoms with E-state index in [1.807, 2.05) is 0 Å². The maximum atomic E-state index is 13.8. The molecule has 0 heterocycles. The van der Waals surface area contributed by atoms with Crippen LogP contribution in [0.4, 0.5) is 14.5 Å². The minimum Gasteiger partial charge on any atom is -0.325 e. The summed E-state index contributed by atoms with van der Waals surface area (Å²) in [5.74, 6) is -3.02. The number of likely N-dealkylation sites (N-methyl/N-ethyl adjacent to an activating group) is 1. The van der Waals surface area contributed by atoms with Crippen LogP contribution in [0.1, 0.15) is 6.92 Å².